The van der Waals surface area contributed by atoms with E-state index in [1.54, 1.807) is 42.5 Å². The van der Waals surface area contributed by atoms with Crippen LogP contribution in [0.5, 0.6) is 0 Å². The average Bonchev–Trinajstić information content (AvgIpc) is 2.99. The number of nitrogens with zero attached hydrogens (tertiary/aromatic N) is 1. The van der Waals surface area contributed by atoms with Gasteiger partial charge in [-0.15, -0.1) is 0 Å². The molecule has 150 valence electrons. The third-order valence-electron chi connectivity index (χ3n) is 5.03. The minimum atomic E-state index is -0.879. The maximum atomic E-state index is 13.5. The first-order valence-corrected chi connectivity index (χ1v) is 10.0. The summed E-state index contributed by atoms with van der Waals surface area (Å²) >= 11 is 3.34. The first-order valence-electron chi connectivity index (χ1n) is 9.26. The smallest absolute Gasteiger partial charge is 0.300 e. The topological polar surface area (TPSA) is 57.6 Å². The number of aliphatic hydroxyl groups excluding tert-OH is 1. The molecule has 4 nitrogen and oxygen atoms in total. The maximum Gasteiger partial charge on any atom is 0.300 e. The van der Waals surface area contributed by atoms with Crippen LogP contribution in [0.4, 0.5) is 10.1 Å². The number of rotatable bonds is 3. The highest BCUT2D eigenvalue weighted by molar-refractivity contribution is 9.10. The predicted molar refractivity (Wildman–Crippen MR) is 117 cm³/mol. The molecule has 30 heavy (non-hydrogen) atoms. The van der Waals surface area contributed by atoms with Crippen molar-refractivity contribution >= 4 is 39.1 Å². The van der Waals surface area contributed by atoms with E-state index in [1.807, 2.05) is 13.0 Å². The van der Waals surface area contributed by atoms with Crippen LogP contribution in [0.15, 0.2) is 82.8 Å². The molecule has 1 N–H and O–H groups in total. The first-order chi connectivity index (χ1) is 14.4. The molecule has 0 radical (unpaired) electrons. The number of halogens is 2. The summed E-state index contributed by atoms with van der Waals surface area (Å²) in [6.07, 6.45) is 0. The van der Waals surface area contributed by atoms with E-state index in [2.05, 4.69) is 15.9 Å². The summed E-state index contributed by atoms with van der Waals surface area (Å²) in [5.74, 6) is -2.23. The van der Waals surface area contributed by atoms with Crippen molar-refractivity contribution in [2.75, 3.05) is 4.90 Å². The number of aliphatic hydroxyl groups is 1. The van der Waals surface area contributed by atoms with Gasteiger partial charge in [0.15, 0.2) is 0 Å². The fourth-order valence-corrected chi connectivity index (χ4v) is 3.86. The second kappa shape index (κ2) is 7.88. The van der Waals surface area contributed by atoms with E-state index in [4.69, 9.17) is 0 Å². The summed E-state index contributed by atoms with van der Waals surface area (Å²) in [5, 5.41) is 11.0. The lowest BCUT2D eigenvalue weighted by molar-refractivity contribution is -0.132. The monoisotopic (exact) mass is 465 g/mol. The molecular weight excluding hydrogens is 449 g/mol. The molecule has 4 rings (SSSR count). The Morgan fingerprint density at radius 3 is 2.30 bits per heavy atom. The van der Waals surface area contributed by atoms with Crippen LogP contribution >= 0.6 is 15.9 Å². The van der Waals surface area contributed by atoms with E-state index in [9.17, 15) is 19.1 Å². The fraction of sp³-hybridized carbons (Fsp3) is 0.0833. The zero-order valence-electron chi connectivity index (χ0n) is 16.0. The van der Waals surface area contributed by atoms with E-state index in [0.29, 0.717) is 16.8 Å². The number of Topliss-reactive ketones (excluding diaryl/α,β-unsaturated/α-hetero) is 1. The van der Waals surface area contributed by atoms with E-state index in [-0.39, 0.29) is 11.3 Å². The lowest BCUT2D eigenvalue weighted by Gasteiger charge is -2.25. The van der Waals surface area contributed by atoms with Gasteiger partial charge in [0.2, 0.25) is 0 Å². The van der Waals surface area contributed by atoms with Gasteiger partial charge in [0.1, 0.15) is 11.6 Å². The van der Waals surface area contributed by atoms with Gasteiger partial charge in [0, 0.05) is 15.7 Å². The summed E-state index contributed by atoms with van der Waals surface area (Å²) in [6, 6.07) is 18.7. The van der Waals surface area contributed by atoms with Gasteiger partial charge in [-0.1, -0.05) is 52.3 Å². The van der Waals surface area contributed by atoms with Gasteiger partial charge in [0.25, 0.3) is 11.7 Å². The third-order valence-corrected chi connectivity index (χ3v) is 5.56. The van der Waals surface area contributed by atoms with Crippen LogP contribution < -0.4 is 4.90 Å². The molecule has 0 spiro atoms. The molecule has 1 heterocycles. The van der Waals surface area contributed by atoms with E-state index >= 15 is 0 Å². The van der Waals surface area contributed by atoms with Gasteiger partial charge in [-0.25, -0.2) is 4.39 Å². The molecule has 0 aliphatic carbocycles. The van der Waals surface area contributed by atoms with Crippen LogP contribution in [0.1, 0.15) is 22.7 Å². The van der Waals surface area contributed by atoms with Crippen LogP contribution in [-0.4, -0.2) is 16.8 Å². The molecule has 1 aliphatic heterocycles. The highest BCUT2D eigenvalue weighted by Crippen LogP contribution is 2.42. The Labute approximate surface area is 181 Å². The normalized spacial score (nSPS) is 18.1. The van der Waals surface area contributed by atoms with Crippen LogP contribution in [-0.2, 0) is 9.59 Å². The van der Waals surface area contributed by atoms with Crippen molar-refractivity contribution in [2.24, 2.45) is 0 Å². The van der Waals surface area contributed by atoms with E-state index in [0.717, 1.165) is 10.0 Å². The number of aryl methyl sites for hydroxylation is 1. The summed E-state index contributed by atoms with van der Waals surface area (Å²) in [7, 11) is 0. The Hall–Kier alpha value is -3.25. The van der Waals surface area contributed by atoms with Crippen molar-refractivity contribution < 1.29 is 19.1 Å². The van der Waals surface area contributed by atoms with Crippen molar-refractivity contribution in [3.8, 4) is 0 Å². The lowest BCUT2D eigenvalue weighted by atomic mass is 9.95. The van der Waals surface area contributed by atoms with E-state index in [1.165, 1.54) is 29.2 Å². The number of hydrogen-bond acceptors (Lipinski definition) is 3. The summed E-state index contributed by atoms with van der Waals surface area (Å²) in [6.45, 7) is 1.88. The Balaban J connectivity index is 1.95. The van der Waals surface area contributed by atoms with Gasteiger partial charge in [-0.05, 0) is 54.4 Å². The van der Waals surface area contributed by atoms with Crippen LogP contribution in [0.25, 0.3) is 5.76 Å². The van der Waals surface area contributed by atoms with Crippen LogP contribution in [0, 0.1) is 12.7 Å². The summed E-state index contributed by atoms with van der Waals surface area (Å²) in [5.41, 5.74) is 2.35. The maximum absolute atomic E-state index is 13.5. The highest BCUT2D eigenvalue weighted by Gasteiger charge is 2.46. The zero-order chi connectivity index (χ0) is 21.4. The minimum Gasteiger partial charge on any atom is -0.507 e. The molecule has 6 heteroatoms. The van der Waals surface area contributed by atoms with Gasteiger partial charge in [0.05, 0.1) is 11.6 Å². The van der Waals surface area contributed by atoms with Crippen molar-refractivity contribution in [1.29, 1.82) is 0 Å². The quantitative estimate of drug-likeness (QED) is 0.314. The highest BCUT2D eigenvalue weighted by atomic mass is 79.9. The molecule has 0 saturated carbocycles. The summed E-state index contributed by atoms with van der Waals surface area (Å²) in [4.78, 5) is 27.4. The average molecular weight is 466 g/mol. The number of amides is 1. The Morgan fingerprint density at radius 1 is 1.00 bits per heavy atom. The number of carbonyl (C=O) groups excluding carboxylic acids is 2. The van der Waals surface area contributed by atoms with Gasteiger partial charge in [-0.2, -0.15) is 0 Å². The van der Waals surface area contributed by atoms with Crippen molar-refractivity contribution in [3.63, 3.8) is 0 Å². The SMILES string of the molecule is Cc1cccc(N2C(=O)C(=O)/C(=C(/O)c3ccc(Br)cc3)C2c2ccc(F)cc2)c1. The molecule has 1 aliphatic rings. The van der Waals surface area contributed by atoms with Gasteiger partial charge in [-0.3, -0.25) is 14.5 Å². The lowest BCUT2D eigenvalue weighted by Crippen LogP contribution is -2.29. The number of ketones is 1. The van der Waals surface area contributed by atoms with E-state index < -0.39 is 23.5 Å². The molecule has 1 saturated heterocycles. The Kier molecular flexibility index (Phi) is 5.26. The zero-order valence-corrected chi connectivity index (χ0v) is 17.6. The molecular formula is C24H17BrFNO3. The van der Waals surface area contributed by atoms with Crippen LogP contribution in [0.3, 0.4) is 0 Å². The number of carbonyl (C=O) groups is 2. The van der Waals surface area contributed by atoms with Crippen molar-refractivity contribution in [1.82, 2.24) is 0 Å². The largest absolute Gasteiger partial charge is 0.507 e. The van der Waals surface area contributed by atoms with Gasteiger partial charge >= 0.3 is 0 Å². The second-order valence-electron chi connectivity index (χ2n) is 7.07. The number of anilines is 1. The Bertz CT molecular complexity index is 1170. The minimum absolute atomic E-state index is 0.0320. The molecule has 1 unspecified atom stereocenters. The molecule has 0 bridgehead atoms. The molecule has 3 aromatic carbocycles. The molecule has 1 atom stereocenters. The summed E-state index contributed by atoms with van der Waals surface area (Å²) < 4.78 is 14.4. The molecule has 3 aromatic rings. The van der Waals surface area contributed by atoms with Gasteiger partial charge < -0.3 is 5.11 Å². The predicted octanol–water partition coefficient (Wildman–Crippen LogP) is 5.52. The molecule has 1 fully saturated rings. The van der Waals surface area contributed by atoms with Crippen molar-refractivity contribution in [3.05, 3.63) is 105 Å². The Morgan fingerprint density at radius 2 is 1.67 bits per heavy atom. The first kappa shape index (κ1) is 20.0. The van der Waals surface area contributed by atoms with Crippen LogP contribution in [0.2, 0.25) is 0 Å². The molecule has 1 amide bonds. The number of hydrogen-bond donors (Lipinski definition) is 1. The number of benzene rings is 3. The van der Waals surface area contributed by atoms with Crippen molar-refractivity contribution in [2.45, 2.75) is 13.0 Å². The molecule has 0 aromatic heterocycles. The fourth-order valence-electron chi connectivity index (χ4n) is 3.60. The standard InChI is InChI=1S/C24H17BrFNO3/c1-14-3-2-4-19(13-14)27-21(15-7-11-18(26)12-8-15)20(23(29)24(27)30)22(28)16-5-9-17(25)10-6-16/h2-13,21,28H,1H3/b22-20+. The second-order valence-corrected chi connectivity index (χ2v) is 7.98. The third kappa shape index (κ3) is 3.55.